The Kier molecular flexibility index (Phi) is 100. The standard InChI is InChI=1S/C117H234O/c1-9-17-25-33-41-49-57-65-73-81-89-97-105-113(116(107-99-91-83-75-67-59-51-43-35-27-19-11-3,108-100-92-84-76-68-60-52-44-36-28-20-12-4)109-101-93-85-77-69-61-53-45-37-29-21-13-5)115(118)114(106-98-90-82-74-66-58-50-42-34-26-18-10-2)117(110-102-94-86-78-70-62-54-46-38-30-22-14-6,111-103-95-87-79-71-63-55-47-39-31-23-15-7)112-104-96-88-80-72-64-56-48-40-32-24-16-8/h113-114H,9-112H2,1-8H3. The van der Waals surface area contributed by atoms with Gasteiger partial charge in [0.25, 0.3) is 0 Å². The van der Waals surface area contributed by atoms with Gasteiger partial charge in [-0.15, -0.1) is 0 Å². The first-order valence-corrected chi connectivity index (χ1v) is 58.0. The van der Waals surface area contributed by atoms with Gasteiger partial charge in [0.05, 0.1) is 0 Å². The minimum absolute atomic E-state index is 0.146. The van der Waals surface area contributed by atoms with Crippen molar-refractivity contribution in [3.8, 4) is 0 Å². The molecule has 708 valence electrons. The molecule has 0 heterocycles. The Bertz CT molecular complexity index is 1530. The molecule has 0 amide bonds. The van der Waals surface area contributed by atoms with Gasteiger partial charge in [-0.05, 0) is 62.2 Å². The van der Waals surface area contributed by atoms with Gasteiger partial charge in [0.1, 0.15) is 5.78 Å². The maximum absolute atomic E-state index is 18.3. The van der Waals surface area contributed by atoms with Crippen molar-refractivity contribution in [3.05, 3.63) is 0 Å². The van der Waals surface area contributed by atoms with Gasteiger partial charge < -0.3 is 0 Å². The van der Waals surface area contributed by atoms with E-state index in [4.69, 9.17) is 0 Å². The fraction of sp³-hybridized carbons (Fsp3) is 0.991. The minimum atomic E-state index is 0.146. The van der Waals surface area contributed by atoms with Crippen LogP contribution in [0.15, 0.2) is 0 Å². The van der Waals surface area contributed by atoms with E-state index >= 15 is 4.79 Å². The summed E-state index contributed by atoms with van der Waals surface area (Å²) in [4.78, 5) is 18.3. The van der Waals surface area contributed by atoms with Gasteiger partial charge in [0.2, 0.25) is 0 Å². The second kappa shape index (κ2) is 100. The fourth-order valence-electron chi connectivity index (χ4n) is 21.8. The Morgan fingerprint density at radius 2 is 0.212 bits per heavy atom. The molecule has 0 radical (unpaired) electrons. The molecule has 0 aliphatic rings. The number of unbranched alkanes of at least 4 members (excludes halogenated alkanes) is 88. The molecule has 0 N–H and O–H groups in total. The van der Waals surface area contributed by atoms with Gasteiger partial charge in [-0.3, -0.25) is 4.79 Å². The number of Topliss-reactive ketones (excluding diaryl/α,β-unsaturated/α-hetero) is 1. The van der Waals surface area contributed by atoms with Gasteiger partial charge in [-0.25, -0.2) is 0 Å². The van der Waals surface area contributed by atoms with Crippen molar-refractivity contribution in [1.82, 2.24) is 0 Å². The maximum Gasteiger partial charge on any atom is 0.140 e. The molecule has 0 saturated heterocycles. The van der Waals surface area contributed by atoms with Gasteiger partial charge >= 0.3 is 0 Å². The molecular formula is C117H234O. The van der Waals surface area contributed by atoms with Gasteiger partial charge in [-0.1, -0.05) is 672 Å². The zero-order chi connectivity index (χ0) is 85.3. The molecule has 0 saturated carbocycles. The summed E-state index contributed by atoms with van der Waals surface area (Å²) in [5.74, 6) is 1.41. The van der Waals surface area contributed by atoms with Crippen LogP contribution in [-0.2, 0) is 4.79 Å². The first-order valence-electron chi connectivity index (χ1n) is 58.0. The lowest BCUT2D eigenvalue weighted by atomic mass is 9.56. The maximum atomic E-state index is 18.3. The summed E-state index contributed by atoms with van der Waals surface area (Å²) in [6.07, 6.45) is 147. The highest BCUT2D eigenvalue weighted by molar-refractivity contribution is 5.85. The van der Waals surface area contributed by atoms with Crippen LogP contribution in [0.5, 0.6) is 0 Å². The summed E-state index contributed by atoms with van der Waals surface area (Å²) in [6, 6.07) is 0. The van der Waals surface area contributed by atoms with Crippen LogP contribution >= 0.6 is 0 Å². The van der Waals surface area contributed by atoms with Crippen LogP contribution in [0.1, 0.15) is 723 Å². The van der Waals surface area contributed by atoms with E-state index in [0.29, 0.717) is 0 Å². The molecule has 0 aromatic heterocycles. The highest BCUT2D eigenvalue weighted by atomic mass is 16.1. The van der Waals surface area contributed by atoms with E-state index in [2.05, 4.69) is 55.4 Å². The molecule has 2 atom stereocenters. The molecule has 0 rings (SSSR count). The van der Waals surface area contributed by atoms with Crippen LogP contribution in [0, 0.1) is 22.7 Å². The SMILES string of the molecule is CCCCCCCCCCCCCCC(C(=O)C(CCCCCCCCCCCCCC)C(CCCCCCCCCCCCCC)(CCCCCCCCCCCCCC)CCCCCCCCCCCCCC)C(CCCCCCCCCCCCCC)(CCCCCCCCCCCCCC)CCCCCCCCCCCCCC. The number of hydrogen-bond donors (Lipinski definition) is 0. The summed E-state index contributed by atoms with van der Waals surface area (Å²) in [5, 5.41) is 0. The lowest BCUT2D eigenvalue weighted by Crippen LogP contribution is -2.45. The van der Waals surface area contributed by atoms with E-state index in [0.717, 1.165) is 5.78 Å². The van der Waals surface area contributed by atoms with Crippen molar-refractivity contribution in [3.63, 3.8) is 0 Å². The Hall–Kier alpha value is -0.330. The highest BCUT2D eigenvalue weighted by Crippen LogP contribution is 2.54. The zero-order valence-corrected chi connectivity index (χ0v) is 84.6. The summed E-state index contributed by atoms with van der Waals surface area (Å²) in [5.41, 5.74) is 0.291. The number of rotatable bonds is 108. The Balaban J connectivity index is 8.47. The van der Waals surface area contributed by atoms with Gasteiger partial charge in [0, 0.05) is 11.8 Å². The smallest absolute Gasteiger partial charge is 0.140 e. The van der Waals surface area contributed by atoms with E-state index in [1.807, 2.05) is 0 Å². The predicted octanol–water partition coefficient (Wildman–Crippen LogP) is 44.5. The van der Waals surface area contributed by atoms with E-state index in [-0.39, 0.29) is 22.7 Å². The van der Waals surface area contributed by atoms with Crippen molar-refractivity contribution >= 4 is 5.78 Å². The van der Waals surface area contributed by atoms with E-state index in [9.17, 15) is 0 Å². The molecule has 1 nitrogen and oxygen atoms in total. The molecule has 1 heteroatoms. The molecule has 0 fully saturated rings. The molecule has 0 spiro atoms. The number of carbonyl (C=O) groups excluding carboxylic acids is 1. The predicted molar refractivity (Wildman–Crippen MR) is 542 cm³/mol. The monoisotopic (exact) mass is 1660 g/mol. The topological polar surface area (TPSA) is 17.1 Å². The third-order valence-corrected chi connectivity index (χ3v) is 30.0. The average molecular weight is 1660 g/mol. The molecular weight excluding hydrogens is 1420 g/mol. The average Bonchev–Trinajstić information content (AvgIpc) is 0.773. The first-order chi connectivity index (χ1) is 58.4. The van der Waals surface area contributed by atoms with Crippen LogP contribution in [0.3, 0.4) is 0 Å². The largest absolute Gasteiger partial charge is 0.299 e. The normalized spacial score (nSPS) is 12.7. The summed E-state index contributed by atoms with van der Waals surface area (Å²) in [6.45, 7) is 18.9. The summed E-state index contributed by atoms with van der Waals surface area (Å²) in [7, 11) is 0. The summed E-state index contributed by atoms with van der Waals surface area (Å²) < 4.78 is 0. The fourth-order valence-corrected chi connectivity index (χ4v) is 21.8. The quantitative estimate of drug-likeness (QED) is 0.0555. The lowest BCUT2D eigenvalue weighted by molar-refractivity contribution is -0.139. The molecule has 0 aliphatic heterocycles. The number of ketones is 1. The minimum Gasteiger partial charge on any atom is -0.299 e. The zero-order valence-electron chi connectivity index (χ0n) is 84.6. The Morgan fingerprint density at radius 1 is 0.127 bits per heavy atom. The molecule has 0 bridgehead atoms. The van der Waals surface area contributed by atoms with Gasteiger partial charge in [0.15, 0.2) is 0 Å². The van der Waals surface area contributed by atoms with E-state index in [1.54, 1.807) is 0 Å². The van der Waals surface area contributed by atoms with Crippen LogP contribution in [0.25, 0.3) is 0 Å². The van der Waals surface area contributed by atoms with E-state index in [1.165, 1.54) is 668 Å². The lowest BCUT2D eigenvalue weighted by Gasteiger charge is -2.47. The van der Waals surface area contributed by atoms with Crippen LogP contribution in [0.4, 0.5) is 0 Å². The first kappa shape index (κ1) is 118. The van der Waals surface area contributed by atoms with Crippen LogP contribution in [-0.4, -0.2) is 5.78 Å². The second-order valence-electron chi connectivity index (χ2n) is 41.4. The number of hydrogen-bond acceptors (Lipinski definition) is 1. The third-order valence-electron chi connectivity index (χ3n) is 30.0. The summed E-state index contributed by atoms with van der Waals surface area (Å²) >= 11 is 0. The third kappa shape index (κ3) is 80.2. The van der Waals surface area contributed by atoms with Crippen molar-refractivity contribution in [2.24, 2.45) is 22.7 Å². The van der Waals surface area contributed by atoms with Crippen molar-refractivity contribution in [1.29, 1.82) is 0 Å². The van der Waals surface area contributed by atoms with Crippen molar-refractivity contribution < 1.29 is 4.79 Å². The molecule has 0 aliphatic carbocycles. The van der Waals surface area contributed by atoms with Crippen LogP contribution in [0.2, 0.25) is 0 Å². The number of carbonyl (C=O) groups is 1. The molecule has 0 aromatic rings. The second-order valence-corrected chi connectivity index (χ2v) is 41.4. The molecule has 2 unspecified atom stereocenters. The van der Waals surface area contributed by atoms with Crippen molar-refractivity contribution in [2.75, 3.05) is 0 Å². The van der Waals surface area contributed by atoms with Gasteiger partial charge in [-0.2, -0.15) is 0 Å². The highest BCUT2D eigenvalue weighted by Gasteiger charge is 2.49. The Labute approximate surface area is 751 Å². The van der Waals surface area contributed by atoms with Crippen LogP contribution < -0.4 is 0 Å². The van der Waals surface area contributed by atoms with E-state index < -0.39 is 0 Å². The van der Waals surface area contributed by atoms with Crippen molar-refractivity contribution in [2.45, 2.75) is 723 Å². The Morgan fingerprint density at radius 3 is 0.314 bits per heavy atom. The molecule has 0 aromatic carbocycles. The molecule has 118 heavy (non-hydrogen) atoms.